The number of para-hydroxylation sites is 2. The standard InChI is InChI=1S/C54H53N3O/c1-52(2,3)40-24-22-35(23-25-40)37-28-29-55-47(33-37)39-30-38(31-41(32-39)53(4,5)6)44-19-15-20-48-50(44)56-51(45-18-13-14-21-49(45)58)57(48)42-26-27-43(36-16-11-10-12-17-36)46(34-42)54(7,8)9/h10-34,58H,1-9H3/i1D3,2D3,3D3. The van der Waals surface area contributed by atoms with Crippen molar-refractivity contribution in [1.82, 2.24) is 14.5 Å². The fourth-order valence-electron chi connectivity index (χ4n) is 7.64. The molecule has 0 spiro atoms. The van der Waals surface area contributed by atoms with Crippen LogP contribution in [0.1, 0.15) is 91.1 Å². The second-order valence-electron chi connectivity index (χ2n) is 17.1. The van der Waals surface area contributed by atoms with Crippen molar-refractivity contribution < 1.29 is 17.4 Å². The van der Waals surface area contributed by atoms with Crippen LogP contribution >= 0.6 is 0 Å². The third-order valence-electron chi connectivity index (χ3n) is 10.8. The van der Waals surface area contributed by atoms with E-state index in [9.17, 15) is 5.11 Å². The number of nitrogens with zero attached hydrogens (tertiary/aromatic N) is 3. The third-order valence-corrected chi connectivity index (χ3v) is 10.8. The zero-order valence-electron chi connectivity index (χ0n) is 42.7. The van der Waals surface area contributed by atoms with E-state index < -0.39 is 26.0 Å². The number of hydrogen-bond donors (Lipinski definition) is 1. The lowest BCUT2D eigenvalue weighted by Gasteiger charge is -2.25. The molecule has 0 aliphatic rings. The lowest BCUT2D eigenvalue weighted by atomic mass is 9.81. The molecule has 0 radical (unpaired) electrons. The van der Waals surface area contributed by atoms with Gasteiger partial charge in [-0.2, -0.15) is 0 Å². The number of pyridine rings is 1. The molecule has 8 aromatic rings. The molecule has 2 heterocycles. The lowest BCUT2D eigenvalue weighted by molar-refractivity contribution is 0.477. The first-order valence-electron chi connectivity index (χ1n) is 24.0. The van der Waals surface area contributed by atoms with E-state index in [0.717, 1.165) is 50.1 Å². The molecular formula is C54H53N3O. The van der Waals surface area contributed by atoms with Gasteiger partial charge in [-0.1, -0.05) is 153 Å². The van der Waals surface area contributed by atoms with Crippen LogP contribution in [0.15, 0.2) is 152 Å². The second-order valence-corrected chi connectivity index (χ2v) is 17.1. The molecule has 4 nitrogen and oxygen atoms in total. The summed E-state index contributed by atoms with van der Waals surface area (Å²) in [6.07, 6.45) is 1.68. The topological polar surface area (TPSA) is 50.9 Å². The number of rotatable bonds is 6. The summed E-state index contributed by atoms with van der Waals surface area (Å²) in [7, 11) is 0. The highest BCUT2D eigenvalue weighted by Crippen LogP contribution is 2.42. The molecule has 0 fully saturated rings. The molecule has 6 aromatic carbocycles. The predicted molar refractivity (Wildman–Crippen MR) is 244 cm³/mol. The number of benzene rings is 6. The highest BCUT2D eigenvalue weighted by molar-refractivity contribution is 5.97. The van der Waals surface area contributed by atoms with Gasteiger partial charge >= 0.3 is 0 Å². The van der Waals surface area contributed by atoms with E-state index in [1.165, 1.54) is 17.7 Å². The Labute approximate surface area is 356 Å². The van der Waals surface area contributed by atoms with Gasteiger partial charge in [0.2, 0.25) is 0 Å². The minimum atomic E-state index is -3.36. The van der Waals surface area contributed by atoms with E-state index >= 15 is 0 Å². The molecule has 0 aliphatic heterocycles. The Balaban J connectivity index is 1.29. The van der Waals surface area contributed by atoms with Gasteiger partial charge in [-0.3, -0.25) is 9.55 Å². The zero-order valence-corrected chi connectivity index (χ0v) is 33.7. The number of hydrogen-bond acceptors (Lipinski definition) is 3. The maximum absolute atomic E-state index is 11.3. The molecule has 0 saturated heterocycles. The van der Waals surface area contributed by atoms with Crippen molar-refractivity contribution in [3.05, 3.63) is 168 Å². The van der Waals surface area contributed by atoms with Crippen LogP contribution in [0.25, 0.3) is 72.7 Å². The first-order chi connectivity index (χ1) is 31.3. The van der Waals surface area contributed by atoms with Gasteiger partial charge in [0.15, 0.2) is 0 Å². The molecule has 0 bridgehead atoms. The van der Waals surface area contributed by atoms with Gasteiger partial charge in [-0.05, 0) is 115 Å². The number of aromatic hydroxyl groups is 1. The summed E-state index contributed by atoms with van der Waals surface area (Å²) >= 11 is 0. The van der Waals surface area contributed by atoms with E-state index in [1.54, 1.807) is 36.5 Å². The molecule has 58 heavy (non-hydrogen) atoms. The molecule has 1 N–H and O–H groups in total. The fourth-order valence-corrected chi connectivity index (χ4v) is 7.64. The molecular weight excluding hydrogens is 707 g/mol. The van der Waals surface area contributed by atoms with E-state index in [-0.39, 0.29) is 22.1 Å². The predicted octanol–water partition coefficient (Wildman–Crippen LogP) is 14.4. The van der Waals surface area contributed by atoms with Gasteiger partial charge < -0.3 is 5.11 Å². The summed E-state index contributed by atoms with van der Waals surface area (Å²) in [5, 5.41) is 11.3. The van der Waals surface area contributed by atoms with Gasteiger partial charge in [-0.25, -0.2) is 4.98 Å². The summed E-state index contributed by atoms with van der Waals surface area (Å²) < 4.78 is 75.6. The average Bonchev–Trinajstić information content (AvgIpc) is 3.64. The lowest BCUT2D eigenvalue weighted by Crippen LogP contribution is -2.14. The van der Waals surface area contributed by atoms with E-state index in [2.05, 4.69) is 107 Å². The number of phenols is 1. The highest BCUT2D eigenvalue weighted by Gasteiger charge is 2.25. The summed E-state index contributed by atoms with van der Waals surface area (Å²) in [5.74, 6) is 0.704. The molecule has 8 rings (SSSR count). The van der Waals surface area contributed by atoms with Crippen LogP contribution in [-0.2, 0) is 16.2 Å². The molecule has 0 amide bonds. The quantitative estimate of drug-likeness (QED) is 0.183. The van der Waals surface area contributed by atoms with Gasteiger partial charge in [-0.15, -0.1) is 0 Å². The summed E-state index contributed by atoms with van der Waals surface area (Å²) in [5.41, 5.74) is 8.28. The highest BCUT2D eigenvalue weighted by atomic mass is 16.3. The molecule has 0 aliphatic carbocycles. The van der Waals surface area contributed by atoms with Crippen molar-refractivity contribution in [2.45, 2.75) is 78.3 Å². The van der Waals surface area contributed by atoms with Crippen LogP contribution in [0, 0.1) is 0 Å². The van der Waals surface area contributed by atoms with Crippen molar-refractivity contribution >= 4 is 11.0 Å². The van der Waals surface area contributed by atoms with E-state index in [4.69, 9.17) is 22.3 Å². The van der Waals surface area contributed by atoms with Crippen LogP contribution in [0.3, 0.4) is 0 Å². The van der Waals surface area contributed by atoms with Crippen molar-refractivity contribution in [3.63, 3.8) is 0 Å². The van der Waals surface area contributed by atoms with Gasteiger partial charge in [0.05, 0.1) is 22.3 Å². The van der Waals surface area contributed by atoms with Gasteiger partial charge in [0, 0.05) is 35.3 Å². The Morgan fingerprint density at radius 2 is 1.22 bits per heavy atom. The largest absolute Gasteiger partial charge is 0.507 e. The Bertz CT molecular complexity index is 3080. The third kappa shape index (κ3) is 7.47. The van der Waals surface area contributed by atoms with Crippen LogP contribution in [-0.4, -0.2) is 19.6 Å². The Morgan fingerprint density at radius 3 is 1.93 bits per heavy atom. The van der Waals surface area contributed by atoms with Crippen molar-refractivity contribution in [2.75, 3.05) is 0 Å². The summed E-state index contributed by atoms with van der Waals surface area (Å²) in [4.78, 5) is 10.2. The summed E-state index contributed by atoms with van der Waals surface area (Å²) in [6.45, 7) is 3.01. The van der Waals surface area contributed by atoms with E-state index in [0.29, 0.717) is 28.2 Å². The second kappa shape index (κ2) is 14.6. The molecule has 4 heteroatoms. The van der Waals surface area contributed by atoms with Gasteiger partial charge in [0.1, 0.15) is 11.6 Å². The zero-order chi connectivity index (χ0) is 48.5. The van der Waals surface area contributed by atoms with Crippen molar-refractivity contribution in [3.8, 4) is 67.5 Å². The molecule has 2 aromatic heterocycles. The maximum Gasteiger partial charge on any atom is 0.149 e. The van der Waals surface area contributed by atoms with Gasteiger partial charge in [0.25, 0.3) is 0 Å². The number of imidazole rings is 1. The number of fused-ring (bicyclic) bond motifs is 1. The Kier molecular flexibility index (Phi) is 7.31. The molecule has 0 saturated carbocycles. The van der Waals surface area contributed by atoms with Crippen LogP contribution in [0.2, 0.25) is 0 Å². The molecule has 0 atom stereocenters. The van der Waals surface area contributed by atoms with Crippen LogP contribution in [0.5, 0.6) is 5.75 Å². The van der Waals surface area contributed by atoms with Crippen molar-refractivity contribution in [2.24, 2.45) is 0 Å². The Hall–Kier alpha value is -6.26. The average molecular weight is 769 g/mol. The minimum absolute atomic E-state index is 0.112. The number of aromatic nitrogens is 3. The molecule has 290 valence electrons. The fraction of sp³-hybridized carbons (Fsp3) is 0.222. The Morgan fingerprint density at radius 1 is 0.517 bits per heavy atom. The number of phenolic OH excluding ortho intramolecular Hbond substituents is 1. The first kappa shape index (κ1) is 29.0. The normalized spacial score (nSPS) is 15.2. The smallest absolute Gasteiger partial charge is 0.149 e. The molecule has 0 unspecified atom stereocenters. The summed E-state index contributed by atoms with van der Waals surface area (Å²) in [6, 6.07) is 46.1. The maximum atomic E-state index is 11.3. The van der Waals surface area contributed by atoms with Crippen molar-refractivity contribution in [1.29, 1.82) is 0 Å². The first-order valence-corrected chi connectivity index (χ1v) is 19.5. The van der Waals surface area contributed by atoms with E-state index in [1.807, 2.05) is 42.5 Å². The minimum Gasteiger partial charge on any atom is -0.507 e. The monoisotopic (exact) mass is 768 g/mol. The van der Waals surface area contributed by atoms with Crippen LogP contribution in [0.4, 0.5) is 0 Å². The SMILES string of the molecule is [2H]C([2H])([2H])C(c1ccc(-c2ccnc(-c3cc(-c4cccc5c4nc(-c4ccccc4O)n5-c4ccc(-c5ccccc5)c(C(C)(C)C)c4)cc(C(C)(C)C)c3)c2)cc1)(C([2H])([2H])[2H])C([2H])([2H])[2H]. The van der Waals surface area contributed by atoms with Crippen LogP contribution < -0.4 is 0 Å².